The van der Waals surface area contributed by atoms with Crippen molar-refractivity contribution < 1.29 is 13.5 Å². The summed E-state index contributed by atoms with van der Waals surface area (Å²) in [5, 5.41) is 2.92. The van der Waals surface area contributed by atoms with Gasteiger partial charge in [0.15, 0.2) is 11.6 Å². The van der Waals surface area contributed by atoms with E-state index in [-0.39, 0.29) is 24.3 Å². The fourth-order valence-corrected chi connectivity index (χ4v) is 2.05. The van der Waals surface area contributed by atoms with Gasteiger partial charge in [-0.25, -0.2) is 13.8 Å². The summed E-state index contributed by atoms with van der Waals surface area (Å²) >= 11 is 0. The number of ether oxygens (including phenoxy) is 1. The van der Waals surface area contributed by atoms with Crippen LogP contribution in [0.1, 0.15) is 11.1 Å². The number of rotatable bonds is 6. The number of benzene rings is 2. The van der Waals surface area contributed by atoms with E-state index in [1.165, 1.54) is 12.1 Å². The lowest BCUT2D eigenvalue weighted by Gasteiger charge is -2.09. The highest BCUT2D eigenvalue weighted by atomic mass is 19.1. The predicted molar refractivity (Wildman–Crippen MR) is 86.5 cm³/mol. The van der Waals surface area contributed by atoms with Crippen LogP contribution < -0.4 is 10.1 Å². The van der Waals surface area contributed by atoms with Crippen LogP contribution in [0.15, 0.2) is 60.8 Å². The van der Waals surface area contributed by atoms with Crippen molar-refractivity contribution in [2.45, 2.75) is 13.2 Å². The Morgan fingerprint density at radius 3 is 2.42 bits per heavy atom. The Bertz CT molecular complexity index is 795. The second-order valence-electron chi connectivity index (χ2n) is 5.10. The quantitative estimate of drug-likeness (QED) is 0.745. The first-order chi connectivity index (χ1) is 11.7. The molecule has 1 aromatic heterocycles. The molecule has 0 spiro atoms. The molecule has 1 N–H and O–H groups in total. The predicted octanol–water partition coefficient (Wildman–Crippen LogP) is 3.95. The first-order valence-electron chi connectivity index (χ1n) is 7.38. The van der Waals surface area contributed by atoms with E-state index < -0.39 is 5.82 Å². The lowest BCUT2D eigenvalue weighted by Crippen LogP contribution is -2.07. The van der Waals surface area contributed by atoms with Gasteiger partial charge in [-0.05, 0) is 23.3 Å². The Labute approximate surface area is 138 Å². The van der Waals surface area contributed by atoms with Gasteiger partial charge in [-0.15, -0.1) is 0 Å². The van der Waals surface area contributed by atoms with E-state index in [1.807, 2.05) is 30.3 Å². The van der Waals surface area contributed by atoms with Crippen molar-refractivity contribution in [2.24, 2.45) is 0 Å². The van der Waals surface area contributed by atoms with Crippen molar-refractivity contribution in [3.63, 3.8) is 0 Å². The molecule has 0 aliphatic heterocycles. The van der Waals surface area contributed by atoms with Crippen molar-refractivity contribution in [3.05, 3.63) is 83.6 Å². The second kappa shape index (κ2) is 7.50. The van der Waals surface area contributed by atoms with E-state index in [1.54, 1.807) is 12.1 Å². The highest BCUT2D eigenvalue weighted by Gasteiger charge is 2.08. The number of aromatic nitrogens is 2. The van der Waals surface area contributed by atoms with Gasteiger partial charge in [-0.1, -0.05) is 42.5 Å². The van der Waals surface area contributed by atoms with Gasteiger partial charge in [-0.3, -0.25) is 0 Å². The fraction of sp³-hybridized carbons (Fsp3) is 0.111. The molecule has 0 aliphatic carbocycles. The average Bonchev–Trinajstić information content (AvgIpc) is 2.62. The Kier molecular flexibility index (Phi) is 4.96. The van der Waals surface area contributed by atoms with Gasteiger partial charge in [0.2, 0.25) is 0 Å². The molecular weight excluding hydrogens is 312 g/mol. The Hall–Kier alpha value is -3.02. The van der Waals surface area contributed by atoms with Crippen LogP contribution in [0.3, 0.4) is 0 Å². The topological polar surface area (TPSA) is 47.0 Å². The van der Waals surface area contributed by atoms with E-state index in [4.69, 9.17) is 4.74 Å². The maximum absolute atomic E-state index is 13.8. The van der Waals surface area contributed by atoms with E-state index >= 15 is 0 Å². The van der Waals surface area contributed by atoms with Crippen LogP contribution in [0.25, 0.3) is 0 Å². The van der Waals surface area contributed by atoms with Crippen LogP contribution in [0.4, 0.5) is 14.6 Å². The minimum absolute atomic E-state index is 0.0521. The van der Waals surface area contributed by atoms with E-state index in [2.05, 4.69) is 15.3 Å². The molecule has 24 heavy (non-hydrogen) atoms. The van der Waals surface area contributed by atoms with Crippen molar-refractivity contribution in [1.29, 1.82) is 0 Å². The highest BCUT2D eigenvalue weighted by molar-refractivity contribution is 5.37. The van der Waals surface area contributed by atoms with Gasteiger partial charge >= 0.3 is 6.01 Å². The molecular formula is C18H15F2N3O. The standard InChI is InChI=1S/C18H15F2N3O/c19-15-8-6-14(7-9-15)12-24-18-22-11-16(20)17(23-18)21-10-13-4-2-1-3-5-13/h1-9,11H,10,12H2,(H,21,22,23). The third-order valence-electron chi connectivity index (χ3n) is 3.31. The number of hydrogen-bond acceptors (Lipinski definition) is 4. The summed E-state index contributed by atoms with van der Waals surface area (Å²) in [6.45, 7) is 0.607. The van der Waals surface area contributed by atoms with Gasteiger partial charge in [0.1, 0.15) is 12.4 Å². The summed E-state index contributed by atoms with van der Waals surface area (Å²) in [5.74, 6) is -0.799. The molecule has 0 bridgehead atoms. The third-order valence-corrected chi connectivity index (χ3v) is 3.31. The summed E-state index contributed by atoms with van der Waals surface area (Å²) in [6, 6.07) is 15.5. The van der Waals surface area contributed by atoms with Crippen LogP contribution in [0.5, 0.6) is 6.01 Å². The van der Waals surface area contributed by atoms with Gasteiger partial charge < -0.3 is 10.1 Å². The monoisotopic (exact) mass is 327 g/mol. The van der Waals surface area contributed by atoms with Crippen molar-refractivity contribution in [2.75, 3.05) is 5.32 Å². The number of halogens is 2. The number of nitrogens with zero attached hydrogens (tertiary/aromatic N) is 2. The number of anilines is 1. The van der Waals surface area contributed by atoms with Crippen molar-refractivity contribution in [1.82, 2.24) is 9.97 Å². The average molecular weight is 327 g/mol. The van der Waals surface area contributed by atoms with Gasteiger partial charge in [0.25, 0.3) is 0 Å². The summed E-state index contributed by atoms with van der Waals surface area (Å²) in [4.78, 5) is 7.83. The van der Waals surface area contributed by atoms with E-state index in [0.717, 1.165) is 17.3 Å². The Balaban J connectivity index is 1.63. The third kappa shape index (κ3) is 4.25. The lowest BCUT2D eigenvalue weighted by molar-refractivity contribution is 0.279. The molecule has 1 heterocycles. The first-order valence-corrected chi connectivity index (χ1v) is 7.38. The smallest absolute Gasteiger partial charge is 0.318 e. The molecule has 122 valence electrons. The molecule has 6 heteroatoms. The molecule has 2 aromatic carbocycles. The minimum atomic E-state index is -0.555. The maximum Gasteiger partial charge on any atom is 0.318 e. The molecule has 0 atom stereocenters. The van der Waals surface area contributed by atoms with Crippen LogP contribution in [0, 0.1) is 11.6 Å². The van der Waals surface area contributed by atoms with Crippen LogP contribution in [-0.4, -0.2) is 9.97 Å². The van der Waals surface area contributed by atoms with Crippen molar-refractivity contribution in [3.8, 4) is 6.01 Å². The molecule has 0 fully saturated rings. The van der Waals surface area contributed by atoms with Crippen LogP contribution >= 0.6 is 0 Å². The maximum atomic E-state index is 13.8. The molecule has 0 saturated heterocycles. The van der Waals surface area contributed by atoms with Gasteiger partial charge in [0.05, 0.1) is 6.20 Å². The Morgan fingerprint density at radius 2 is 1.67 bits per heavy atom. The molecule has 0 unspecified atom stereocenters. The summed E-state index contributed by atoms with van der Waals surface area (Å²) < 4.78 is 32.1. The second-order valence-corrected chi connectivity index (χ2v) is 5.10. The molecule has 4 nitrogen and oxygen atoms in total. The first kappa shape index (κ1) is 15.9. The molecule has 0 amide bonds. The van der Waals surface area contributed by atoms with E-state index in [9.17, 15) is 8.78 Å². The summed E-state index contributed by atoms with van der Waals surface area (Å²) in [5.41, 5.74) is 1.77. The highest BCUT2D eigenvalue weighted by Crippen LogP contribution is 2.15. The molecule has 0 radical (unpaired) electrons. The van der Waals surface area contributed by atoms with Gasteiger partial charge in [-0.2, -0.15) is 4.98 Å². The van der Waals surface area contributed by atoms with Crippen LogP contribution in [0.2, 0.25) is 0 Å². The SMILES string of the molecule is Fc1ccc(COc2ncc(F)c(NCc3ccccc3)n2)cc1. The van der Waals surface area contributed by atoms with Crippen LogP contribution in [-0.2, 0) is 13.2 Å². The summed E-state index contributed by atoms with van der Waals surface area (Å²) in [7, 11) is 0. The largest absolute Gasteiger partial charge is 0.459 e. The zero-order valence-corrected chi connectivity index (χ0v) is 12.7. The zero-order chi connectivity index (χ0) is 16.8. The normalized spacial score (nSPS) is 10.4. The lowest BCUT2D eigenvalue weighted by atomic mass is 10.2. The number of nitrogens with one attached hydrogen (secondary N) is 1. The van der Waals surface area contributed by atoms with Gasteiger partial charge in [0, 0.05) is 6.54 Å². The molecule has 0 saturated carbocycles. The molecule has 3 aromatic rings. The summed E-state index contributed by atoms with van der Waals surface area (Å²) in [6.07, 6.45) is 1.06. The number of hydrogen-bond donors (Lipinski definition) is 1. The molecule has 3 rings (SSSR count). The minimum Gasteiger partial charge on any atom is -0.459 e. The Morgan fingerprint density at radius 1 is 0.917 bits per heavy atom. The molecule has 0 aliphatic rings. The van der Waals surface area contributed by atoms with Crippen molar-refractivity contribution >= 4 is 5.82 Å². The zero-order valence-electron chi connectivity index (χ0n) is 12.7. The fourth-order valence-electron chi connectivity index (χ4n) is 2.05. The van der Waals surface area contributed by atoms with E-state index in [0.29, 0.717) is 6.54 Å².